The van der Waals surface area contributed by atoms with E-state index in [0.717, 1.165) is 37.5 Å². The van der Waals surface area contributed by atoms with Crippen LogP contribution in [-0.4, -0.2) is 41.1 Å². The van der Waals surface area contributed by atoms with Crippen LogP contribution in [0.25, 0.3) is 10.9 Å². The molecule has 4 nitrogen and oxygen atoms in total. The fraction of sp³-hybridized carbons (Fsp3) is 0.500. The maximum atomic E-state index is 4.82. The molecule has 2 N–H and O–H groups in total. The van der Waals surface area contributed by atoms with Crippen molar-refractivity contribution in [3.8, 4) is 0 Å². The molecule has 0 amide bonds. The highest BCUT2D eigenvalue weighted by Gasteiger charge is 2.29. The summed E-state index contributed by atoms with van der Waals surface area (Å²) < 4.78 is 0.307. The summed E-state index contributed by atoms with van der Waals surface area (Å²) >= 11 is 2.06. The minimum Gasteiger partial charge on any atom is -0.357 e. The normalized spacial score (nSPS) is 20.0. The Morgan fingerprint density at radius 2 is 2.12 bits per heavy atom. The molecule has 1 aliphatic heterocycles. The molecule has 1 atom stereocenters. The van der Waals surface area contributed by atoms with Crippen molar-refractivity contribution in [2.24, 2.45) is 4.99 Å². The second kappa shape index (κ2) is 10.3. The van der Waals surface area contributed by atoms with Crippen LogP contribution in [0.4, 0.5) is 0 Å². The third kappa shape index (κ3) is 5.74. The average Bonchev–Trinajstić information content (AvgIpc) is 3.07. The number of benzene rings is 1. The first-order chi connectivity index (χ1) is 12.2. The highest BCUT2D eigenvalue weighted by atomic mass is 127. The number of hydrogen-bond donors (Lipinski definition) is 2. The van der Waals surface area contributed by atoms with Crippen molar-refractivity contribution in [1.29, 1.82) is 0 Å². The molecular formula is C20H29IN4S. The van der Waals surface area contributed by atoms with Gasteiger partial charge in [-0.3, -0.25) is 9.98 Å². The Morgan fingerprint density at radius 3 is 2.88 bits per heavy atom. The summed E-state index contributed by atoms with van der Waals surface area (Å²) in [5.74, 6) is 2.19. The monoisotopic (exact) mass is 484 g/mol. The van der Waals surface area contributed by atoms with E-state index in [0.29, 0.717) is 4.75 Å². The van der Waals surface area contributed by atoms with E-state index in [1.807, 2.05) is 12.3 Å². The molecule has 1 aromatic carbocycles. The lowest BCUT2D eigenvalue weighted by Gasteiger charge is -2.21. The van der Waals surface area contributed by atoms with Crippen molar-refractivity contribution < 1.29 is 0 Å². The zero-order valence-corrected chi connectivity index (χ0v) is 18.8. The van der Waals surface area contributed by atoms with Crippen LogP contribution >= 0.6 is 35.7 Å². The van der Waals surface area contributed by atoms with E-state index in [2.05, 4.69) is 65.5 Å². The third-order valence-corrected chi connectivity index (χ3v) is 6.14. The third-order valence-electron chi connectivity index (χ3n) is 4.62. The van der Waals surface area contributed by atoms with Gasteiger partial charge in [-0.25, -0.2) is 0 Å². The fourth-order valence-electron chi connectivity index (χ4n) is 3.23. The standard InChI is InChI=1S/C20H28N4S.HI/c1-3-21-19(24-15-20(2)11-6-14-25-20)23-13-10-17-8-4-7-16-9-5-12-22-18(16)17;/h4-5,7-9,12H,3,6,10-11,13-15H2,1-2H3,(H2,21,23,24);1H. The van der Waals surface area contributed by atoms with Crippen LogP contribution in [0.3, 0.4) is 0 Å². The number of rotatable bonds is 6. The van der Waals surface area contributed by atoms with Gasteiger partial charge in [-0.2, -0.15) is 11.8 Å². The molecule has 2 heterocycles. The van der Waals surface area contributed by atoms with Crippen LogP contribution < -0.4 is 10.6 Å². The fourth-order valence-corrected chi connectivity index (χ4v) is 4.46. The van der Waals surface area contributed by atoms with Crippen molar-refractivity contribution in [2.75, 3.05) is 25.4 Å². The van der Waals surface area contributed by atoms with Gasteiger partial charge in [-0.05, 0) is 50.5 Å². The molecular weight excluding hydrogens is 455 g/mol. The van der Waals surface area contributed by atoms with Gasteiger partial charge in [0, 0.05) is 29.4 Å². The number of para-hydroxylation sites is 1. The van der Waals surface area contributed by atoms with Gasteiger partial charge in [-0.1, -0.05) is 24.3 Å². The van der Waals surface area contributed by atoms with Gasteiger partial charge in [0.1, 0.15) is 0 Å². The Kier molecular flexibility index (Phi) is 8.47. The Labute approximate surface area is 178 Å². The predicted molar refractivity (Wildman–Crippen MR) is 125 cm³/mol. The quantitative estimate of drug-likeness (QED) is 0.366. The minimum absolute atomic E-state index is 0. The number of hydrogen-bond acceptors (Lipinski definition) is 3. The smallest absolute Gasteiger partial charge is 0.191 e. The maximum absolute atomic E-state index is 4.82. The van der Waals surface area contributed by atoms with Crippen LogP contribution in [0.5, 0.6) is 0 Å². The van der Waals surface area contributed by atoms with Gasteiger partial charge in [-0.15, -0.1) is 24.0 Å². The van der Waals surface area contributed by atoms with Crippen LogP contribution in [0.2, 0.25) is 0 Å². The highest BCUT2D eigenvalue weighted by molar-refractivity contribution is 14.0. The lowest BCUT2D eigenvalue weighted by Crippen LogP contribution is -2.39. The second-order valence-corrected chi connectivity index (χ2v) is 8.45. The minimum atomic E-state index is 0. The molecule has 6 heteroatoms. The van der Waals surface area contributed by atoms with Crippen molar-refractivity contribution in [3.05, 3.63) is 42.1 Å². The highest BCUT2D eigenvalue weighted by Crippen LogP contribution is 2.37. The average molecular weight is 484 g/mol. The molecule has 0 saturated carbocycles. The van der Waals surface area contributed by atoms with Gasteiger partial charge in [0.15, 0.2) is 5.96 Å². The molecule has 0 radical (unpaired) electrons. The molecule has 1 unspecified atom stereocenters. The SMILES string of the molecule is CCNC(=NCC1(C)CCCS1)NCCc1cccc2cccnc12.I. The number of thioether (sulfide) groups is 1. The molecule has 1 saturated heterocycles. The van der Waals surface area contributed by atoms with Crippen molar-refractivity contribution in [1.82, 2.24) is 15.6 Å². The summed E-state index contributed by atoms with van der Waals surface area (Å²) in [6, 6.07) is 10.5. The Hall–Kier alpha value is -1.02. The topological polar surface area (TPSA) is 49.3 Å². The van der Waals surface area contributed by atoms with Crippen molar-refractivity contribution in [3.63, 3.8) is 0 Å². The van der Waals surface area contributed by atoms with E-state index in [9.17, 15) is 0 Å². The number of halogens is 1. The van der Waals surface area contributed by atoms with Crippen LogP contribution in [0.1, 0.15) is 32.3 Å². The van der Waals surface area contributed by atoms with Gasteiger partial charge in [0.25, 0.3) is 0 Å². The molecule has 1 fully saturated rings. The summed E-state index contributed by atoms with van der Waals surface area (Å²) in [4.78, 5) is 9.36. The molecule has 0 spiro atoms. The number of nitrogens with one attached hydrogen (secondary N) is 2. The summed E-state index contributed by atoms with van der Waals surface area (Å²) in [5, 5.41) is 8.04. The number of nitrogens with zero attached hydrogens (tertiary/aromatic N) is 2. The summed E-state index contributed by atoms with van der Waals surface area (Å²) in [6.45, 7) is 7.05. The number of pyridine rings is 1. The van der Waals surface area contributed by atoms with Crippen molar-refractivity contribution in [2.45, 2.75) is 37.9 Å². The Bertz CT molecular complexity index is 723. The van der Waals surface area contributed by atoms with E-state index in [-0.39, 0.29) is 24.0 Å². The first-order valence-electron chi connectivity index (χ1n) is 9.19. The van der Waals surface area contributed by atoms with Gasteiger partial charge in [0.05, 0.1) is 12.1 Å². The van der Waals surface area contributed by atoms with E-state index >= 15 is 0 Å². The Morgan fingerprint density at radius 1 is 1.27 bits per heavy atom. The molecule has 26 heavy (non-hydrogen) atoms. The van der Waals surface area contributed by atoms with Crippen molar-refractivity contribution >= 4 is 52.6 Å². The first kappa shape index (κ1) is 21.3. The largest absolute Gasteiger partial charge is 0.357 e. The second-order valence-electron chi connectivity index (χ2n) is 6.77. The van der Waals surface area contributed by atoms with Gasteiger partial charge < -0.3 is 10.6 Å². The number of aliphatic imine (C=N–C) groups is 1. The molecule has 0 bridgehead atoms. The maximum Gasteiger partial charge on any atom is 0.191 e. The molecule has 1 aromatic heterocycles. The molecule has 142 valence electrons. The summed E-state index contributed by atoms with van der Waals surface area (Å²) in [5.41, 5.74) is 2.38. The zero-order chi connectivity index (χ0) is 17.5. The van der Waals surface area contributed by atoms with Crippen LogP contribution in [-0.2, 0) is 6.42 Å². The molecule has 1 aliphatic rings. The van der Waals surface area contributed by atoms with E-state index in [1.165, 1.54) is 29.5 Å². The van der Waals surface area contributed by atoms with E-state index < -0.39 is 0 Å². The van der Waals surface area contributed by atoms with E-state index in [1.54, 1.807) is 0 Å². The molecule has 3 rings (SSSR count). The summed E-state index contributed by atoms with van der Waals surface area (Å²) in [6.07, 6.45) is 5.38. The predicted octanol–water partition coefficient (Wildman–Crippen LogP) is 4.24. The lowest BCUT2D eigenvalue weighted by molar-refractivity contribution is 0.614. The van der Waals surface area contributed by atoms with E-state index in [4.69, 9.17) is 4.99 Å². The van der Waals surface area contributed by atoms with Gasteiger partial charge in [0.2, 0.25) is 0 Å². The van der Waals surface area contributed by atoms with Crippen LogP contribution in [0.15, 0.2) is 41.5 Å². The number of aromatic nitrogens is 1. The zero-order valence-electron chi connectivity index (χ0n) is 15.6. The summed E-state index contributed by atoms with van der Waals surface area (Å²) in [7, 11) is 0. The number of fused-ring (bicyclic) bond motifs is 1. The molecule has 2 aromatic rings. The lowest BCUT2D eigenvalue weighted by atomic mass is 10.1. The first-order valence-corrected chi connectivity index (χ1v) is 10.2. The Balaban J connectivity index is 0.00000243. The van der Waals surface area contributed by atoms with Gasteiger partial charge >= 0.3 is 0 Å². The number of guanidine groups is 1. The van der Waals surface area contributed by atoms with Crippen LogP contribution in [0, 0.1) is 0 Å². The molecule has 0 aliphatic carbocycles.